The average molecular weight is 297 g/mol. The Morgan fingerprint density at radius 2 is 2.05 bits per heavy atom. The number of methoxy groups -OCH3 is 1. The maximum atomic E-state index is 12.4. The molecule has 1 heterocycles. The third-order valence-electron chi connectivity index (χ3n) is 2.88. The molecule has 0 aliphatic rings. The van der Waals surface area contributed by atoms with Crippen molar-refractivity contribution in [2.24, 2.45) is 0 Å². The van der Waals surface area contributed by atoms with Gasteiger partial charge in [0.2, 0.25) is 0 Å². The standard InChI is InChI=1S/C15H17F2NO3/c1-10(8-12-4-3-7-20-12)18-11-5-6-13(19-2)14(9-11)21-15(16)17/h3-7,9-10,15,18H,8H2,1-2H3. The van der Waals surface area contributed by atoms with Crippen LogP contribution in [-0.4, -0.2) is 19.8 Å². The van der Waals surface area contributed by atoms with Crippen LogP contribution < -0.4 is 14.8 Å². The van der Waals surface area contributed by atoms with Crippen LogP contribution in [0, 0.1) is 0 Å². The summed E-state index contributed by atoms with van der Waals surface area (Å²) in [6.07, 6.45) is 2.30. The first-order valence-corrected chi connectivity index (χ1v) is 6.50. The number of furan rings is 1. The smallest absolute Gasteiger partial charge is 0.387 e. The van der Waals surface area contributed by atoms with Gasteiger partial charge in [-0.25, -0.2) is 0 Å². The van der Waals surface area contributed by atoms with Gasteiger partial charge in [-0.05, 0) is 31.2 Å². The summed E-state index contributed by atoms with van der Waals surface area (Å²) in [5.41, 5.74) is 0.672. The van der Waals surface area contributed by atoms with Crippen molar-refractivity contribution < 1.29 is 22.7 Å². The molecule has 1 aromatic carbocycles. The fraction of sp³-hybridized carbons (Fsp3) is 0.333. The van der Waals surface area contributed by atoms with Crippen LogP contribution in [0.4, 0.5) is 14.5 Å². The summed E-state index contributed by atoms with van der Waals surface area (Å²) in [5, 5.41) is 3.20. The Labute approximate surface area is 121 Å². The van der Waals surface area contributed by atoms with Gasteiger partial charge in [0.05, 0.1) is 13.4 Å². The summed E-state index contributed by atoms with van der Waals surface area (Å²) in [6.45, 7) is -0.921. The highest BCUT2D eigenvalue weighted by Crippen LogP contribution is 2.31. The van der Waals surface area contributed by atoms with Crippen molar-refractivity contribution in [3.8, 4) is 11.5 Å². The molecule has 0 saturated heterocycles. The first-order chi connectivity index (χ1) is 10.1. The van der Waals surface area contributed by atoms with E-state index in [1.54, 1.807) is 18.4 Å². The summed E-state index contributed by atoms with van der Waals surface area (Å²) in [6, 6.07) is 8.60. The van der Waals surface area contributed by atoms with Crippen molar-refractivity contribution in [2.75, 3.05) is 12.4 Å². The van der Waals surface area contributed by atoms with Gasteiger partial charge < -0.3 is 19.2 Å². The first kappa shape index (κ1) is 15.2. The van der Waals surface area contributed by atoms with Crippen LogP contribution in [0.5, 0.6) is 11.5 Å². The molecule has 0 aliphatic carbocycles. The van der Waals surface area contributed by atoms with E-state index in [4.69, 9.17) is 9.15 Å². The Morgan fingerprint density at radius 1 is 1.24 bits per heavy atom. The Morgan fingerprint density at radius 3 is 2.67 bits per heavy atom. The highest BCUT2D eigenvalue weighted by atomic mass is 19.3. The molecule has 0 radical (unpaired) electrons. The highest BCUT2D eigenvalue weighted by molar-refractivity contribution is 5.55. The van der Waals surface area contributed by atoms with Crippen LogP contribution in [0.15, 0.2) is 41.0 Å². The fourth-order valence-electron chi connectivity index (χ4n) is 2.02. The molecule has 0 saturated carbocycles. The molecule has 21 heavy (non-hydrogen) atoms. The number of halogens is 2. The number of ether oxygens (including phenoxy) is 2. The van der Waals surface area contributed by atoms with Gasteiger partial charge in [-0.3, -0.25) is 0 Å². The van der Waals surface area contributed by atoms with Gasteiger partial charge in [0, 0.05) is 24.2 Å². The highest BCUT2D eigenvalue weighted by Gasteiger charge is 2.12. The number of rotatable bonds is 7. The maximum Gasteiger partial charge on any atom is 0.387 e. The van der Waals surface area contributed by atoms with E-state index in [1.807, 2.05) is 19.1 Å². The lowest BCUT2D eigenvalue weighted by Crippen LogP contribution is -2.17. The van der Waals surface area contributed by atoms with E-state index in [1.165, 1.54) is 13.2 Å². The van der Waals surface area contributed by atoms with E-state index in [9.17, 15) is 8.78 Å². The minimum Gasteiger partial charge on any atom is -0.493 e. The van der Waals surface area contributed by atoms with Crippen molar-refractivity contribution in [3.63, 3.8) is 0 Å². The summed E-state index contributed by atoms with van der Waals surface area (Å²) >= 11 is 0. The van der Waals surface area contributed by atoms with Gasteiger partial charge in [0.15, 0.2) is 11.5 Å². The zero-order valence-electron chi connectivity index (χ0n) is 11.8. The molecule has 0 amide bonds. The van der Waals surface area contributed by atoms with Crippen molar-refractivity contribution >= 4 is 5.69 Å². The molecule has 4 nitrogen and oxygen atoms in total. The van der Waals surface area contributed by atoms with Crippen LogP contribution in [0.25, 0.3) is 0 Å². The lowest BCUT2D eigenvalue weighted by atomic mass is 10.2. The van der Waals surface area contributed by atoms with Crippen LogP contribution in [0.3, 0.4) is 0 Å². The maximum absolute atomic E-state index is 12.4. The number of hydrogen-bond acceptors (Lipinski definition) is 4. The lowest BCUT2D eigenvalue weighted by molar-refractivity contribution is -0.0511. The van der Waals surface area contributed by atoms with E-state index in [2.05, 4.69) is 10.1 Å². The van der Waals surface area contributed by atoms with Crippen LogP contribution in [0.1, 0.15) is 12.7 Å². The molecule has 114 valence electrons. The minimum atomic E-state index is -2.89. The third kappa shape index (κ3) is 4.37. The Balaban J connectivity index is 2.05. The normalized spacial score (nSPS) is 12.2. The predicted octanol–water partition coefficient (Wildman–Crippen LogP) is 3.93. The monoisotopic (exact) mass is 297 g/mol. The number of nitrogens with one attached hydrogen (secondary N) is 1. The molecule has 0 fully saturated rings. The zero-order valence-corrected chi connectivity index (χ0v) is 11.8. The van der Waals surface area contributed by atoms with Gasteiger partial charge in [0.1, 0.15) is 5.76 Å². The minimum absolute atomic E-state index is 0.00250. The van der Waals surface area contributed by atoms with Gasteiger partial charge >= 0.3 is 6.61 Å². The molecule has 0 aliphatic heterocycles. The SMILES string of the molecule is COc1ccc(NC(C)Cc2ccco2)cc1OC(F)F. The van der Waals surface area contributed by atoms with Crippen LogP contribution >= 0.6 is 0 Å². The molecular weight excluding hydrogens is 280 g/mol. The van der Waals surface area contributed by atoms with Crippen LogP contribution in [-0.2, 0) is 6.42 Å². The first-order valence-electron chi connectivity index (χ1n) is 6.50. The molecule has 1 atom stereocenters. The number of anilines is 1. The molecule has 2 rings (SSSR count). The van der Waals surface area contributed by atoms with Gasteiger partial charge in [-0.15, -0.1) is 0 Å². The van der Waals surface area contributed by atoms with E-state index in [0.29, 0.717) is 12.1 Å². The second kappa shape index (κ2) is 6.97. The Bertz CT molecular complexity index is 558. The fourth-order valence-corrected chi connectivity index (χ4v) is 2.02. The molecule has 0 spiro atoms. The molecule has 1 unspecified atom stereocenters. The van der Waals surface area contributed by atoms with E-state index in [-0.39, 0.29) is 17.5 Å². The second-order valence-corrected chi connectivity index (χ2v) is 4.57. The molecule has 0 bridgehead atoms. The molecule has 1 aromatic heterocycles. The molecule has 6 heteroatoms. The van der Waals surface area contributed by atoms with Crippen LogP contribution in [0.2, 0.25) is 0 Å². The number of benzene rings is 1. The average Bonchev–Trinajstić information content (AvgIpc) is 2.91. The Hall–Kier alpha value is -2.24. The zero-order chi connectivity index (χ0) is 15.2. The number of hydrogen-bond donors (Lipinski definition) is 1. The quantitative estimate of drug-likeness (QED) is 0.841. The van der Waals surface area contributed by atoms with Gasteiger partial charge in [-0.1, -0.05) is 0 Å². The van der Waals surface area contributed by atoms with E-state index in [0.717, 1.165) is 5.76 Å². The van der Waals surface area contributed by atoms with Crippen molar-refractivity contribution in [1.82, 2.24) is 0 Å². The Kier molecular flexibility index (Phi) is 5.03. The van der Waals surface area contributed by atoms with Crippen molar-refractivity contribution in [3.05, 3.63) is 42.4 Å². The van der Waals surface area contributed by atoms with Crippen molar-refractivity contribution in [1.29, 1.82) is 0 Å². The summed E-state index contributed by atoms with van der Waals surface area (Å²) in [5.74, 6) is 1.12. The second-order valence-electron chi connectivity index (χ2n) is 4.57. The predicted molar refractivity (Wildman–Crippen MR) is 75.1 cm³/mol. The summed E-state index contributed by atoms with van der Waals surface area (Å²) in [4.78, 5) is 0. The number of alkyl halides is 2. The topological polar surface area (TPSA) is 43.6 Å². The van der Waals surface area contributed by atoms with Gasteiger partial charge in [-0.2, -0.15) is 8.78 Å². The molecular formula is C15H17F2NO3. The van der Waals surface area contributed by atoms with Crippen molar-refractivity contribution in [2.45, 2.75) is 26.0 Å². The molecule has 1 N–H and O–H groups in total. The van der Waals surface area contributed by atoms with E-state index < -0.39 is 6.61 Å². The summed E-state index contributed by atoms with van der Waals surface area (Å²) in [7, 11) is 1.40. The lowest BCUT2D eigenvalue weighted by Gasteiger charge is -2.16. The molecule has 2 aromatic rings. The summed E-state index contributed by atoms with van der Waals surface area (Å²) < 4.78 is 39.5. The largest absolute Gasteiger partial charge is 0.493 e. The third-order valence-corrected chi connectivity index (χ3v) is 2.88. The van der Waals surface area contributed by atoms with Gasteiger partial charge in [0.25, 0.3) is 0 Å². The van der Waals surface area contributed by atoms with E-state index >= 15 is 0 Å².